The second kappa shape index (κ2) is 11.5. The van der Waals surface area contributed by atoms with Gasteiger partial charge in [-0.1, -0.05) is 80.0 Å². The van der Waals surface area contributed by atoms with E-state index in [1.165, 1.54) is 24.3 Å². The summed E-state index contributed by atoms with van der Waals surface area (Å²) in [5.74, 6) is -0.544. The molecule has 1 unspecified atom stereocenters. The summed E-state index contributed by atoms with van der Waals surface area (Å²) in [5.41, 5.74) is 0. The average molecular weight is 476 g/mol. The van der Waals surface area contributed by atoms with E-state index >= 15 is 0 Å². The summed E-state index contributed by atoms with van der Waals surface area (Å²) < 4.78 is 32.5. The lowest BCUT2D eigenvalue weighted by Gasteiger charge is -2.15. The summed E-state index contributed by atoms with van der Waals surface area (Å²) >= 11 is 1.97. The molecule has 0 amide bonds. The van der Waals surface area contributed by atoms with Crippen molar-refractivity contribution in [2.45, 2.75) is 44.4 Å². The maximum absolute atomic E-state index is 12.8. The minimum absolute atomic E-state index is 0.0816. The second-order valence-electron chi connectivity index (χ2n) is 5.68. The van der Waals surface area contributed by atoms with Crippen molar-refractivity contribution in [2.24, 2.45) is 5.92 Å². The van der Waals surface area contributed by atoms with Crippen LogP contribution in [0.4, 0.5) is 0 Å². The molecule has 0 aromatic heterocycles. The molecule has 138 valence electrons. The van der Waals surface area contributed by atoms with Gasteiger partial charge in [-0.05, 0) is 34.6 Å². The summed E-state index contributed by atoms with van der Waals surface area (Å²) in [6.45, 7) is 4.40. The summed E-state index contributed by atoms with van der Waals surface area (Å²) in [6.07, 6.45) is 6.83. The van der Waals surface area contributed by atoms with Gasteiger partial charge >= 0.3 is 5.97 Å². The van der Waals surface area contributed by atoms with E-state index in [0.29, 0.717) is 0 Å². The lowest BCUT2D eigenvalue weighted by atomic mass is 10.0. The highest BCUT2D eigenvalue weighted by molar-refractivity contribution is 14.1. The van der Waals surface area contributed by atoms with Gasteiger partial charge in [-0.2, -0.15) is 0 Å². The number of hydrogen-bond donors (Lipinski definition) is 0. The van der Waals surface area contributed by atoms with Crippen LogP contribution in [0, 0.1) is 5.92 Å². The van der Waals surface area contributed by atoms with Crippen LogP contribution in [-0.4, -0.2) is 21.0 Å². The van der Waals surface area contributed by atoms with Crippen LogP contribution in [0.2, 0.25) is 0 Å². The van der Waals surface area contributed by atoms with Gasteiger partial charge in [-0.3, -0.25) is 0 Å². The van der Waals surface area contributed by atoms with E-state index in [0.717, 1.165) is 25.7 Å². The Morgan fingerprint density at radius 3 is 2.48 bits per heavy atom. The molecule has 1 atom stereocenters. The molecule has 0 aliphatic heterocycles. The number of ether oxygens (including phenoxy) is 1. The molecule has 1 aromatic rings. The van der Waals surface area contributed by atoms with Gasteiger partial charge < -0.3 is 4.74 Å². The molecule has 0 spiro atoms. The van der Waals surface area contributed by atoms with Crippen molar-refractivity contribution >= 4 is 38.4 Å². The Balaban J connectivity index is 2.98. The van der Waals surface area contributed by atoms with Gasteiger partial charge in [0.05, 0.1) is 11.5 Å². The molecule has 0 aliphatic carbocycles. The first-order valence-electron chi connectivity index (χ1n) is 8.41. The zero-order valence-electron chi connectivity index (χ0n) is 14.7. The number of benzene rings is 1. The third-order valence-corrected chi connectivity index (χ3v) is 6.05. The smallest absolute Gasteiger partial charge is 0.350 e. The van der Waals surface area contributed by atoms with E-state index in [2.05, 4.69) is 6.92 Å². The predicted molar refractivity (Wildman–Crippen MR) is 109 cm³/mol. The number of carbonyl (C=O) groups is 1. The number of sulfone groups is 1. The number of rotatable bonds is 10. The first kappa shape index (κ1) is 21.9. The van der Waals surface area contributed by atoms with Crippen LogP contribution in [-0.2, 0) is 19.4 Å². The Labute approximate surface area is 164 Å². The quantitative estimate of drug-likeness (QED) is 0.205. The fourth-order valence-corrected chi connectivity index (χ4v) is 3.79. The molecule has 0 bridgehead atoms. The molecule has 25 heavy (non-hydrogen) atoms. The van der Waals surface area contributed by atoms with Gasteiger partial charge in [0.15, 0.2) is 4.91 Å². The maximum Gasteiger partial charge on any atom is 0.350 e. The number of allylic oxidation sites excluding steroid dienone is 2. The molecule has 0 radical (unpaired) electrons. The van der Waals surface area contributed by atoms with Crippen LogP contribution in [0.5, 0.6) is 0 Å². The Kier molecular flexibility index (Phi) is 10.0. The lowest BCUT2D eigenvalue weighted by Crippen LogP contribution is -2.20. The van der Waals surface area contributed by atoms with Crippen LogP contribution in [0.25, 0.3) is 0 Å². The highest BCUT2D eigenvalue weighted by atomic mass is 127. The SMILES string of the molecule is CCCCC(CC)COC(=O)/C(=C\C=C\I)S(=O)(=O)c1ccccc1. The van der Waals surface area contributed by atoms with Gasteiger partial charge in [-0.25, -0.2) is 13.2 Å². The van der Waals surface area contributed by atoms with Gasteiger partial charge in [0.2, 0.25) is 9.84 Å². The largest absolute Gasteiger partial charge is 0.461 e. The van der Waals surface area contributed by atoms with Crippen LogP contribution in [0.3, 0.4) is 0 Å². The summed E-state index contributed by atoms with van der Waals surface area (Å²) in [7, 11) is -3.91. The van der Waals surface area contributed by atoms with Crippen LogP contribution < -0.4 is 0 Å². The first-order valence-corrected chi connectivity index (χ1v) is 11.1. The van der Waals surface area contributed by atoms with E-state index in [1.54, 1.807) is 22.3 Å². The fourth-order valence-electron chi connectivity index (χ4n) is 2.28. The Hall–Kier alpha value is -1.15. The van der Waals surface area contributed by atoms with Crippen molar-refractivity contribution in [1.82, 2.24) is 0 Å². The lowest BCUT2D eigenvalue weighted by molar-refractivity contribution is -0.139. The third-order valence-electron chi connectivity index (χ3n) is 3.86. The number of carbonyl (C=O) groups excluding carboxylic acids is 1. The number of hydrogen-bond acceptors (Lipinski definition) is 4. The molecule has 6 heteroatoms. The number of halogens is 1. The van der Waals surface area contributed by atoms with Gasteiger partial charge in [-0.15, -0.1) is 0 Å². The molecule has 0 aliphatic rings. The van der Waals surface area contributed by atoms with Gasteiger partial charge in [0.25, 0.3) is 0 Å². The summed E-state index contributed by atoms with van der Waals surface area (Å²) in [5, 5.41) is 0. The minimum Gasteiger partial charge on any atom is -0.461 e. The van der Waals surface area contributed by atoms with Crippen molar-refractivity contribution in [2.75, 3.05) is 6.61 Å². The zero-order valence-corrected chi connectivity index (χ0v) is 17.6. The third kappa shape index (κ3) is 6.93. The Morgan fingerprint density at radius 2 is 1.92 bits per heavy atom. The van der Waals surface area contributed by atoms with E-state index in [4.69, 9.17) is 4.74 Å². The molecule has 1 aromatic carbocycles. The predicted octanol–water partition coefficient (Wildman–Crippen LogP) is 5.05. The van der Waals surface area contributed by atoms with E-state index in [-0.39, 0.29) is 22.3 Å². The normalized spacial score (nSPS) is 13.8. The Bertz CT molecular complexity index is 693. The van der Waals surface area contributed by atoms with Crippen LogP contribution >= 0.6 is 22.6 Å². The molecule has 0 N–H and O–H groups in total. The van der Waals surface area contributed by atoms with Crippen molar-refractivity contribution in [1.29, 1.82) is 0 Å². The first-order chi connectivity index (χ1) is 12.0. The van der Waals surface area contributed by atoms with E-state index < -0.39 is 15.8 Å². The summed E-state index contributed by atoms with van der Waals surface area (Å²) in [6, 6.07) is 7.93. The van der Waals surface area contributed by atoms with Crippen LogP contribution in [0.1, 0.15) is 39.5 Å². The molecule has 0 fully saturated rings. The zero-order chi connectivity index (χ0) is 18.7. The highest BCUT2D eigenvalue weighted by Gasteiger charge is 2.28. The standard InChI is InChI=1S/C19H25IO4S/c1-3-5-10-16(4-2)15-24-19(21)18(13-9-14-20)25(22,23)17-11-7-6-8-12-17/h6-9,11-14,16H,3-5,10,15H2,1-2H3/b14-9+,18-13+. The molecular formula is C19H25IO4S. The van der Waals surface area contributed by atoms with Crippen molar-refractivity contribution in [3.8, 4) is 0 Å². The van der Waals surface area contributed by atoms with Gasteiger partial charge in [0, 0.05) is 0 Å². The second-order valence-corrected chi connectivity index (χ2v) is 8.32. The van der Waals surface area contributed by atoms with Crippen LogP contribution in [0.15, 0.2) is 56.4 Å². The number of esters is 1. The Morgan fingerprint density at radius 1 is 1.24 bits per heavy atom. The minimum atomic E-state index is -3.91. The topological polar surface area (TPSA) is 60.4 Å². The van der Waals surface area contributed by atoms with Crippen molar-refractivity contribution in [3.05, 3.63) is 51.5 Å². The fraction of sp³-hybridized carbons (Fsp3) is 0.421. The molecule has 0 heterocycles. The molecule has 1 rings (SSSR count). The molecule has 0 saturated heterocycles. The summed E-state index contributed by atoms with van der Waals surface area (Å²) in [4.78, 5) is 12.2. The van der Waals surface area contributed by atoms with Gasteiger partial charge in [0.1, 0.15) is 0 Å². The molecular weight excluding hydrogens is 451 g/mol. The molecule has 4 nitrogen and oxygen atoms in total. The molecule has 0 saturated carbocycles. The van der Waals surface area contributed by atoms with E-state index in [1.807, 2.05) is 29.5 Å². The number of unbranched alkanes of at least 4 members (excludes halogenated alkanes) is 1. The van der Waals surface area contributed by atoms with E-state index in [9.17, 15) is 13.2 Å². The highest BCUT2D eigenvalue weighted by Crippen LogP contribution is 2.21. The van der Waals surface area contributed by atoms with Crippen molar-refractivity contribution in [3.63, 3.8) is 0 Å². The average Bonchev–Trinajstić information content (AvgIpc) is 2.62. The van der Waals surface area contributed by atoms with Crippen molar-refractivity contribution < 1.29 is 17.9 Å². The monoisotopic (exact) mass is 476 g/mol. The maximum atomic E-state index is 12.8.